The van der Waals surface area contributed by atoms with Crippen molar-refractivity contribution < 1.29 is 14.3 Å². The zero-order valence-electron chi connectivity index (χ0n) is 7.49. The van der Waals surface area contributed by atoms with Gasteiger partial charge in [-0.1, -0.05) is 0 Å². The number of carbonyl (C=O) groups is 1. The van der Waals surface area contributed by atoms with Crippen LogP contribution in [-0.4, -0.2) is 38.4 Å². The van der Waals surface area contributed by atoms with E-state index in [1.54, 1.807) is 0 Å². The summed E-state index contributed by atoms with van der Waals surface area (Å²) in [5.41, 5.74) is 0. The van der Waals surface area contributed by atoms with E-state index in [1.165, 1.54) is 7.11 Å². The van der Waals surface area contributed by atoms with Gasteiger partial charge in [0, 0.05) is 19.0 Å². The molecule has 0 aromatic heterocycles. The molecule has 5 heteroatoms. The molecule has 4 nitrogen and oxygen atoms in total. The maximum Gasteiger partial charge on any atom is 0.334 e. The van der Waals surface area contributed by atoms with Crippen molar-refractivity contribution in [1.82, 2.24) is 5.32 Å². The molecule has 0 spiro atoms. The average molecular weight is 208 g/mol. The molecule has 0 aliphatic carbocycles. The Kier molecular flexibility index (Phi) is 3.53. The molecule has 2 saturated heterocycles. The monoisotopic (exact) mass is 207 g/mol. The van der Waals surface area contributed by atoms with Crippen LogP contribution in [0.15, 0.2) is 0 Å². The molecule has 0 saturated carbocycles. The first kappa shape index (κ1) is 10.8. The summed E-state index contributed by atoms with van der Waals surface area (Å²) in [4.78, 5) is 11.1. The van der Waals surface area contributed by atoms with Crippen LogP contribution in [0.3, 0.4) is 0 Å². The highest BCUT2D eigenvalue weighted by atomic mass is 35.5. The lowest BCUT2D eigenvalue weighted by Crippen LogP contribution is -2.25. The number of fused-ring (bicyclic) bond motifs is 1. The van der Waals surface area contributed by atoms with Crippen LogP contribution >= 0.6 is 12.4 Å². The van der Waals surface area contributed by atoms with E-state index in [-0.39, 0.29) is 30.6 Å². The molecule has 3 unspecified atom stereocenters. The summed E-state index contributed by atoms with van der Waals surface area (Å²) in [5, 5.41) is 3.22. The van der Waals surface area contributed by atoms with Crippen LogP contribution in [-0.2, 0) is 14.3 Å². The molecule has 76 valence electrons. The van der Waals surface area contributed by atoms with Gasteiger partial charge in [0.05, 0.1) is 13.2 Å². The van der Waals surface area contributed by atoms with E-state index in [1.807, 2.05) is 0 Å². The summed E-state index contributed by atoms with van der Waals surface area (Å²) in [6, 6.07) is 0. The maximum absolute atomic E-state index is 11.1. The fourth-order valence-corrected chi connectivity index (χ4v) is 1.93. The van der Waals surface area contributed by atoms with Gasteiger partial charge in [0.2, 0.25) is 0 Å². The smallest absolute Gasteiger partial charge is 0.334 e. The molecular formula is C8H14ClNO3. The quantitative estimate of drug-likeness (QED) is 0.613. The molecule has 0 radical (unpaired) electrons. The third-order valence-corrected chi connectivity index (χ3v) is 2.60. The Morgan fingerprint density at radius 2 is 2.31 bits per heavy atom. The van der Waals surface area contributed by atoms with Crippen molar-refractivity contribution in [1.29, 1.82) is 0 Å². The summed E-state index contributed by atoms with van der Waals surface area (Å²) in [6.07, 6.45) is 0.728. The molecule has 1 N–H and O–H groups in total. The van der Waals surface area contributed by atoms with Crippen molar-refractivity contribution >= 4 is 18.4 Å². The van der Waals surface area contributed by atoms with Crippen LogP contribution in [0.5, 0.6) is 0 Å². The predicted molar refractivity (Wildman–Crippen MR) is 48.9 cm³/mol. The number of esters is 1. The topological polar surface area (TPSA) is 47.6 Å². The third kappa shape index (κ3) is 1.95. The Bertz CT molecular complexity index is 188. The van der Waals surface area contributed by atoms with Gasteiger partial charge in [0.15, 0.2) is 6.10 Å². The van der Waals surface area contributed by atoms with Gasteiger partial charge in [-0.05, 0) is 6.42 Å². The van der Waals surface area contributed by atoms with Crippen LogP contribution in [0.4, 0.5) is 0 Å². The van der Waals surface area contributed by atoms with Crippen LogP contribution in [0.2, 0.25) is 0 Å². The Morgan fingerprint density at radius 1 is 1.54 bits per heavy atom. The summed E-state index contributed by atoms with van der Waals surface area (Å²) in [7, 11) is 1.40. The minimum absolute atomic E-state index is 0. The molecule has 2 heterocycles. The first-order valence-corrected chi connectivity index (χ1v) is 4.25. The lowest BCUT2D eigenvalue weighted by Gasteiger charge is -2.09. The van der Waals surface area contributed by atoms with Crippen LogP contribution in [0, 0.1) is 5.92 Å². The van der Waals surface area contributed by atoms with Crippen molar-refractivity contribution in [2.75, 3.05) is 20.2 Å². The van der Waals surface area contributed by atoms with Gasteiger partial charge in [-0.2, -0.15) is 0 Å². The number of methoxy groups -OCH3 is 1. The first-order chi connectivity index (χ1) is 5.81. The van der Waals surface area contributed by atoms with Crippen LogP contribution < -0.4 is 5.32 Å². The van der Waals surface area contributed by atoms with Crippen molar-refractivity contribution in [2.24, 2.45) is 5.92 Å². The second kappa shape index (κ2) is 4.26. The van der Waals surface area contributed by atoms with Crippen molar-refractivity contribution in [3.05, 3.63) is 0 Å². The number of ether oxygens (including phenoxy) is 2. The third-order valence-electron chi connectivity index (χ3n) is 2.60. The normalized spacial score (nSPS) is 36.5. The van der Waals surface area contributed by atoms with Crippen LogP contribution in [0.25, 0.3) is 0 Å². The van der Waals surface area contributed by atoms with E-state index in [4.69, 9.17) is 4.74 Å². The fourth-order valence-electron chi connectivity index (χ4n) is 1.93. The summed E-state index contributed by atoms with van der Waals surface area (Å²) in [5.74, 6) is 0.276. The van der Waals surface area contributed by atoms with Gasteiger partial charge in [0.1, 0.15) is 0 Å². The van der Waals surface area contributed by atoms with Crippen LogP contribution in [0.1, 0.15) is 6.42 Å². The number of nitrogens with one attached hydrogen (secondary N) is 1. The minimum atomic E-state index is -0.313. The van der Waals surface area contributed by atoms with E-state index in [9.17, 15) is 4.79 Å². The SMILES string of the molecule is COC(=O)C1CC2CNCC2O1.Cl. The summed E-state index contributed by atoms with van der Waals surface area (Å²) in [6.45, 7) is 1.84. The largest absolute Gasteiger partial charge is 0.467 e. The maximum atomic E-state index is 11.1. The molecule has 2 rings (SSSR count). The van der Waals surface area contributed by atoms with E-state index < -0.39 is 0 Å². The standard InChI is InChI=1S/C8H13NO3.ClH/c1-11-8(10)6-2-5-3-9-4-7(5)12-6;/h5-7,9H,2-4H2,1H3;1H. The highest BCUT2D eigenvalue weighted by Gasteiger charge is 2.41. The Hall–Kier alpha value is -0.320. The number of carbonyl (C=O) groups excluding carboxylic acids is 1. The van der Waals surface area contributed by atoms with Crippen molar-refractivity contribution in [3.8, 4) is 0 Å². The lowest BCUT2D eigenvalue weighted by molar-refractivity contribution is -0.152. The predicted octanol–water partition coefficient (Wildman–Crippen LogP) is -0.0419. The Morgan fingerprint density at radius 3 is 2.92 bits per heavy atom. The number of halogens is 1. The van der Waals surface area contributed by atoms with Gasteiger partial charge >= 0.3 is 5.97 Å². The zero-order valence-corrected chi connectivity index (χ0v) is 8.30. The molecular weight excluding hydrogens is 194 g/mol. The lowest BCUT2D eigenvalue weighted by atomic mass is 10.0. The molecule has 2 fully saturated rings. The number of rotatable bonds is 1. The highest BCUT2D eigenvalue weighted by Crippen LogP contribution is 2.29. The second-order valence-corrected chi connectivity index (χ2v) is 3.34. The van der Waals surface area contributed by atoms with E-state index in [0.717, 1.165) is 19.5 Å². The number of hydrogen-bond acceptors (Lipinski definition) is 4. The van der Waals surface area contributed by atoms with E-state index in [0.29, 0.717) is 5.92 Å². The molecule has 0 aromatic rings. The second-order valence-electron chi connectivity index (χ2n) is 3.34. The highest BCUT2D eigenvalue weighted by molar-refractivity contribution is 5.85. The molecule has 0 amide bonds. The molecule has 2 aliphatic rings. The minimum Gasteiger partial charge on any atom is -0.467 e. The van der Waals surface area contributed by atoms with Gasteiger partial charge < -0.3 is 14.8 Å². The Balaban J connectivity index is 0.000000845. The summed E-state index contributed by atoms with van der Waals surface area (Å²) < 4.78 is 10.1. The van der Waals surface area contributed by atoms with Crippen molar-refractivity contribution in [3.63, 3.8) is 0 Å². The Labute approximate surface area is 83.4 Å². The van der Waals surface area contributed by atoms with Crippen molar-refractivity contribution in [2.45, 2.75) is 18.6 Å². The zero-order chi connectivity index (χ0) is 8.55. The van der Waals surface area contributed by atoms with E-state index in [2.05, 4.69) is 10.1 Å². The molecule has 0 aromatic carbocycles. The molecule has 13 heavy (non-hydrogen) atoms. The average Bonchev–Trinajstić information content (AvgIpc) is 2.60. The fraction of sp³-hybridized carbons (Fsp3) is 0.875. The first-order valence-electron chi connectivity index (χ1n) is 4.25. The van der Waals surface area contributed by atoms with Gasteiger partial charge in [-0.3, -0.25) is 0 Å². The van der Waals surface area contributed by atoms with Gasteiger partial charge in [-0.15, -0.1) is 12.4 Å². The molecule has 0 bridgehead atoms. The van der Waals surface area contributed by atoms with Gasteiger partial charge in [0.25, 0.3) is 0 Å². The molecule has 3 atom stereocenters. The number of hydrogen-bond donors (Lipinski definition) is 1. The molecule has 2 aliphatic heterocycles. The summed E-state index contributed by atoms with van der Waals surface area (Å²) >= 11 is 0. The van der Waals surface area contributed by atoms with E-state index >= 15 is 0 Å². The van der Waals surface area contributed by atoms with Gasteiger partial charge in [-0.25, -0.2) is 4.79 Å².